The summed E-state index contributed by atoms with van der Waals surface area (Å²) >= 11 is 3.27. The molecule has 2 aromatic carbocycles. The summed E-state index contributed by atoms with van der Waals surface area (Å²) in [5.74, 6) is -0.915. The van der Waals surface area contributed by atoms with Gasteiger partial charge in [0.15, 0.2) is 0 Å². The zero-order chi connectivity index (χ0) is 12.3. The van der Waals surface area contributed by atoms with Crippen LogP contribution in [-0.4, -0.2) is 5.97 Å². The molecule has 2 aromatic rings. The molecule has 0 radical (unpaired) electrons. The number of esters is 1. The van der Waals surface area contributed by atoms with Gasteiger partial charge in [-0.1, -0.05) is 28.1 Å². The van der Waals surface area contributed by atoms with Gasteiger partial charge in [-0.05, 0) is 36.4 Å². The van der Waals surface area contributed by atoms with Crippen LogP contribution in [0.1, 0.15) is 10.4 Å². The van der Waals surface area contributed by atoms with Crippen LogP contribution in [0.15, 0.2) is 53.0 Å². The van der Waals surface area contributed by atoms with Crippen molar-refractivity contribution in [2.45, 2.75) is 0 Å². The third kappa shape index (κ3) is 2.91. The van der Waals surface area contributed by atoms with E-state index < -0.39 is 11.8 Å². The Bertz CT molecular complexity index is 537. The first-order chi connectivity index (χ1) is 8.16. The van der Waals surface area contributed by atoms with E-state index in [4.69, 9.17) is 4.74 Å². The van der Waals surface area contributed by atoms with Crippen LogP contribution in [0, 0.1) is 5.82 Å². The fourth-order valence-corrected chi connectivity index (χ4v) is 1.56. The molecule has 2 nitrogen and oxygen atoms in total. The molecular formula is C13H8BrFO2. The van der Waals surface area contributed by atoms with Gasteiger partial charge in [0, 0.05) is 4.47 Å². The van der Waals surface area contributed by atoms with Gasteiger partial charge < -0.3 is 4.74 Å². The Labute approximate surface area is 106 Å². The van der Waals surface area contributed by atoms with Gasteiger partial charge >= 0.3 is 5.97 Å². The highest BCUT2D eigenvalue weighted by atomic mass is 79.9. The lowest BCUT2D eigenvalue weighted by Crippen LogP contribution is -2.10. The Balaban J connectivity index is 2.17. The largest absolute Gasteiger partial charge is 0.423 e. The smallest absolute Gasteiger partial charge is 0.346 e. The van der Waals surface area contributed by atoms with E-state index in [0.29, 0.717) is 5.75 Å². The summed E-state index contributed by atoms with van der Waals surface area (Å²) in [4.78, 5) is 11.6. The first-order valence-electron chi connectivity index (χ1n) is 4.89. The molecule has 0 N–H and O–H groups in total. The van der Waals surface area contributed by atoms with Crippen molar-refractivity contribution >= 4 is 21.9 Å². The van der Waals surface area contributed by atoms with Gasteiger partial charge in [-0.15, -0.1) is 0 Å². The molecule has 0 saturated carbocycles. The molecule has 0 fully saturated rings. The maximum absolute atomic E-state index is 13.3. The van der Waals surface area contributed by atoms with Gasteiger partial charge in [-0.25, -0.2) is 9.18 Å². The number of halogens is 2. The van der Waals surface area contributed by atoms with Gasteiger partial charge in [0.25, 0.3) is 0 Å². The summed E-state index contributed by atoms with van der Waals surface area (Å²) in [5, 5.41) is 0. The number of hydrogen-bond donors (Lipinski definition) is 0. The van der Waals surface area contributed by atoms with Crippen molar-refractivity contribution in [3.63, 3.8) is 0 Å². The normalized spacial score (nSPS) is 10.0. The highest BCUT2D eigenvalue weighted by Crippen LogP contribution is 2.18. The second-order valence-electron chi connectivity index (χ2n) is 3.32. The minimum Gasteiger partial charge on any atom is -0.423 e. The average molecular weight is 295 g/mol. The summed E-state index contributed by atoms with van der Waals surface area (Å²) in [7, 11) is 0. The van der Waals surface area contributed by atoms with Gasteiger partial charge in [0.2, 0.25) is 0 Å². The molecule has 0 aliphatic heterocycles. The van der Waals surface area contributed by atoms with Crippen LogP contribution in [0.25, 0.3) is 0 Å². The fraction of sp³-hybridized carbons (Fsp3) is 0. The molecule has 0 saturated heterocycles. The number of carbonyl (C=O) groups is 1. The van der Waals surface area contributed by atoms with E-state index in [2.05, 4.69) is 15.9 Å². The molecule has 0 aromatic heterocycles. The highest BCUT2D eigenvalue weighted by molar-refractivity contribution is 9.10. The van der Waals surface area contributed by atoms with E-state index in [1.165, 1.54) is 18.2 Å². The first kappa shape index (κ1) is 11.8. The Morgan fingerprint density at radius 3 is 2.35 bits per heavy atom. The SMILES string of the molecule is O=C(Oc1ccc(Br)cc1)c1ccccc1F. The maximum atomic E-state index is 13.3. The Morgan fingerprint density at radius 1 is 1.06 bits per heavy atom. The van der Waals surface area contributed by atoms with Crippen LogP contribution >= 0.6 is 15.9 Å². The third-order valence-corrected chi connectivity index (χ3v) is 2.65. The van der Waals surface area contributed by atoms with Gasteiger partial charge in [0.05, 0.1) is 5.56 Å². The quantitative estimate of drug-likeness (QED) is 0.622. The molecule has 86 valence electrons. The minimum atomic E-state index is -0.703. The van der Waals surface area contributed by atoms with E-state index in [-0.39, 0.29) is 5.56 Å². The topological polar surface area (TPSA) is 26.3 Å². The van der Waals surface area contributed by atoms with Crippen molar-refractivity contribution in [2.75, 3.05) is 0 Å². The Hall–Kier alpha value is -1.68. The number of hydrogen-bond acceptors (Lipinski definition) is 2. The summed E-state index contributed by atoms with van der Waals surface area (Å²) in [6.45, 7) is 0. The summed E-state index contributed by atoms with van der Waals surface area (Å²) in [6, 6.07) is 12.4. The molecule has 4 heteroatoms. The molecule has 0 aliphatic carbocycles. The number of rotatable bonds is 2. The number of benzene rings is 2. The lowest BCUT2D eigenvalue weighted by atomic mass is 10.2. The van der Waals surface area contributed by atoms with Crippen molar-refractivity contribution in [1.29, 1.82) is 0 Å². The molecule has 17 heavy (non-hydrogen) atoms. The average Bonchev–Trinajstić information content (AvgIpc) is 2.32. The maximum Gasteiger partial charge on any atom is 0.346 e. The van der Waals surface area contributed by atoms with E-state index in [1.54, 1.807) is 30.3 Å². The monoisotopic (exact) mass is 294 g/mol. The van der Waals surface area contributed by atoms with Crippen molar-refractivity contribution in [3.8, 4) is 5.75 Å². The van der Waals surface area contributed by atoms with Crippen LogP contribution in [0.2, 0.25) is 0 Å². The van der Waals surface area contributed by atoms with Crippen molar-refractivity contribution in [1.82, 2.24) is 0 Å². The Kier molecular flexibility index (Phi) is 3.54. The molecule has 0 bridgehead atoms. The number of carbonyl (C=O) groups excluding carboxylic acids is 1. The van der Waals surface area contributed by atoms with Crippen molar-refractivity contribution in [3.05, 3.63) is 64.4 Å². The van der Waals surface area contributed by atoms with Gasteiger partial charge in [-0.2, -0.15) is 0 Å². The molecule has 0 aliphatic rings. The van der Waals surface area contributed by atoms with Crippen LogP contribution in [0.3, 0.4) is 0 Å². The third-order valence-electron chi connectivity index (χ3n) is 2.12. The molecule has 0 unspecified atom stereocenters. The summed E-state index contributed by atoms with van der Waals surface area (Å²) in [6.07, 6.45) is 0. The highest BCUT2D eigenvalue weighted by Gasteiger charge is 2.12. The molecule has 0 heterocycles. The second kappa shape index (κ2) is 5.10. The predicted molar refractivity (Wildman–Crippen MR) is 65.5 cm³/mol. The Morgan fingerprint density at radius 2 is 1.71 bits per heavy atom. The van der Waals surface area contributed by atoms with Crippen molar-refractivity contribution in [2.24, 2.45) is 0 Å². The molecule has 0 atom stereocenters. The standard InChI is InChI=1S/C13H8BrFO2/c14-9-5-7-10(8-6-9)17-13(16)11-3-1-2-4-12(11)15/h1-8H. The van der Waals surface area contributed by atoms with Crippen LogP contribution in [0.5, 0.6) is 5.75 Å². The van der Waals surface area contributed by atoms with E-state index in [0.717, 1.165) is 4.47 Å². The van der Waals surface area contributed by atoms with Crippen molar-refractivity contribution < 1.29 is 13.9 Å². The lowest BCUT2D eigenvalue weighted by Gasteiger charge is -2.04. The second-order valence-corrected chi connectivity index (χ2v) is 4.24. The zero-order valence-corrected chi connectivity index (χ0v) is 10.3. The van der Waals surface area contributed by atoms with Gasteiger partial charge in [-0.3, -0.25) is 0 Å². The van der Waals surface area contributed by atoms with Crippen LogP contribution in [0.4, 0.5) is 4.39 Å². The summed E-state index contributed by atoms with van der Waals surface area (Å²) in [5.41, 5.74) is -0.0737. The summed E-state index contributed by atoms with van der Waals surface area (Å²) < 4.78 is 19.2. The lowest BCUT2D eigenvalue weighted by molar-refractivity contribution is 0.0730. The minimum absolute atomic E-state index is 0.0737. The van der Waals surface area contributed by atoms with E-state index in [9.17, 15) is 9.18 Å². The predicted octanol–water partition coefficient (Wildman–Crippen LogP) is 3.81. The molecular weight excluding hydrogens is 287 g/mol. The van der Waals surface area contributed by atoms with E-state index in [1.807, 2.05) is 0 Å². The number of ether oxygens (including phenoxy) is 1. The molecule has 2 rings (SSSR count). The van der Waals surface area contributed by atoms with Crippen LogP contribution < -0.4 is 4.74 Å². The fourth-order valence-electron chi connectivity index (χ4n) is 1.29. The van der Waals surface area contributed by atoms with Crippen LogP contribution in [-0.2, 0) is 0 Å². The molecule has 0 spiro atoms. The zero-order valence-electron chi connectivity index (χ0n) is 8.69. The van der Waals surface area contributed by atoms with E-state index >= 15 is 0 Å². The molecule has 0 amide bonds. The van der Waals surface area contributed by atoms with Gasteiger partial charge in [0.1, 0.15) is 11.6 Å². The first-order valence-corrected chi connectivity index (χ1v) is 5.68.